The maximum Gasteiger partial charge on any atom is 0.139 e. The van der Waals surface area contributed by atoms with E-state index in [1.54, 1.807) is 19.5 Å². The van der Waals surface area contributed by atoms with Crippen LogP contribution < -0.4 is 15.4 Å². The number of likely N-dealkylation sites (N-methyl/N-ethyl adjacent to an activating group) is 1. The number of para-hydroxylation sites is 1. The minimum Gasteiger partial charge on any atom is -0.489 e. The average molecular weight is 461 g/mol. The second kappa shape index (κ2) is 8.69. The van der Waals surface area contributed by atoms with Crippen LogP contribution in [0, 0.1) is 0 Å². The second-order valence-electron chi connectivity index (χ2n) is 9.11. The fourth-order valence-corrected chi connectivity index (χ4v) is 5.54. The number of nitrogens with one attached hydrogen (secondary N) is 2. The van der Waals surface area contributed by atoms with E-state index in [9.17, 15) is 4.57 Å². The monoisotopic (exact) mass is 460 g/mol. The number of aromatic amines is 1. The fraction of sp³-hybridized carbons (Fsp3) is 0.269. The zero-order chi connectivity index (χ0) is 23.0. The molecule has 0 amide bonds. The van der Waals surface area contributed by atoms with Crippen molar-refractivity contribution in [2.45, 2.75) is 12.5 Å². The molecule has 170 valence electrons. The van der Waals surface area contributed by atoms with E-state index in [4.69, 9.17) is 4.74 Å². The summed E-state index contributed by atoms with van der Waals surface area (Å²) < 4.78 is 18.9. The zero-order valence-corrected chi connectivity index (χ0v) is 20.1. The Balaban J connectivity index is 1.41. The number of nitrogens with zero attached hydrogens (tertiary/aromatic N) is 2. The van der Waals surface area contributed by atoms with E-state index in [-0.39, 0.29) is 6.10 Å². The molecular formula is C26H29N4O2P. The number of H-pyrrole nitrogens is 1. The SMILES string of the molecule is CN1CCC(Oc2ccc(-c3cc4c(Nc5ccccc5P(C)(C)=O)ccnc4[nH]3)cc2)C1. The molecule has 1 aliphatic heterocycles. The Morgan fingerprint density at radius 2 is 1.88 bits per heavy atom. The van der Waals surface area contributed by atoms with Gasteiger partial charge in [0.15, 0.2) is 0 Å². The lowest BCUT2D eigenvalue weighted by molar-refractivity contribution is 0.208. The van der Waals surface area contributed by atoms with Gasteiger partial charge in [-0.25, -0.2) is 4.98 Å². The van der Waals surface area contributed by atoms with Crippen molar-refractivity contribution in [2.75, 3.05) is 38.8 Å². The third-order valence-corrected chi connectivity index (χ3v) is 7.65. The number of hydrogen-bond acceptors (Lipinski definition) is 5. The van der Waals surface area contributed by atoms with Crippen molar-refractivity contribution >= 4 is 34.9 Å². The zero-order valence-electron chi connectivity index (χ0n) is 19.2. The third-order valence-electron chi connectivity index (χ3n) is 6.10. The molecule has 4 aromatic rings. The van der Waals surface area contributed by atoms with Gasteiger partial charge in [-0.1, -0.05) is 12.1 Å². The second-order valence-corrected chi connectivity index (χ2v) is 12.3. The minimum atomic E-state index is -2.42. The van der Waals surface area contributed by atoms with Gasteiger partial charge < -0.3 is 24.5 Å². The van der Waals surface area contributed by atoms with E-state index in [0.29, 0.717) is 0 Å². The van der Waals surface area contributed by atoms with Crippen LogP contribution in [0.25, 0.3) is 22.3 Å². The van der Waals surface area contributed by atoms with Gasteiger partial charge in [0, 0.05) is 41.4 Å². The van der Waals surface area contributed by atoms with E-state index in [2.05, 4.69) is 45.4 Å². The fourth-order valence-electron chi connectivity index (χ4n) is 4.38. The van der Waals surface area contributed by atoms with Crippen LogP contribution in [0.5, 0.6) is 5.75 Å². The first-order valence-electron chi connectivity index (χ1n) is 11.2. The number of rotatable bonds is 6. The topological polar surface area (TPSA) is 70.2 Å². The predicted molar refractivity (Wildman–Crippen MR) is 137 cm³/mol. The van der Waals surface area contributed by atoms with Gasteiger partial charge >= 0.3 is 0 Å². The number of aromatic nitrogens is 2. The normalized spacial score (nSPS) is 16.9. The van der Waals surface area contributed by atoms with Crippen molar-refractivity contribution < 1.29 is 9.30 Å². The first kappa shape index (κ1) is 21.7. The van der Waals surface area contributed by atoms with Crippen LogP contribution in [0.4, 0.5) is 11.4 Å². The molecule has 0 radical (unpaired) electrons. The molecule has 1 aliphatic rings. The quantitative estimate of drug-likeness (QED) is 0.382. The first-order chi connectivity index (χ1) is 15.9. The summed E-state index contributed by atoms with van der Waals surface area (Å²) >= 11 is 0. The van der Waals surface area contributed by atoms with Gasteiger partial charge in [0.05, 0.1) is 5.69 Å². The van der Waals surface area contributed by atoms with Crippen molar-refractivity contribution in [3.8, 4) is 17.0 Å². The van der Waals surface area contributed by atoms with E-state index in [0.717, 1.165) is 64.2 Å². The highest BCUT2D eigenvalue weighted by molar-refractivity contribution is 7.70. The lowest BCUT2D eigenvalue weighted by Gasteiger charge is -2.15. The number of likely N-dealkylation sites (tertiary alicyclic amines) is 1. The van der Waals surface area contributed by atoms with E-state index in [1.165, 1.54) is 0 Å². The van der Waals surface area contributed by atoms with Crippen LogP contribution in [-0.2, 0) is 4.57 Å². The predicted octanol–water partition coefficient (Wildman–Crippen LogP) is 5.30. The molecule has 1 unspecified atom stereocenters. The standard InChI is InChI=1S/C26H29N4O2P/c1-30-15-13-20(17-30)32-19-10-8-18(9-11-19)24-16-21-22(12-14-27-26(21)29-24)28-23-6-4-5-7-25(23)33(2,3)31/h4-12,14,16,20H,13,15,17H2,1-3H3,(H2,27,28,29). The van der Waals surface area contributed by atoms with Crippen molar-refractivity contribution in [3.05, 3.63) is 66.9 Å². The van der Waals surface area contributed by atoms with Gasteiger partial charge in [-0.3, -0.25) is 0 Å². The van der Waals surface area contributed by atoms with Crippen LogP contribution in [0.15, 0.2) is 66.9 Å². The van der Waals surface area contributed by atoms with E-state index >= 15 is 0 Å². The molecule has 33 heavy (non-hydrogen) atoms. The molecule has 1 fully saturated rings. The highest BCUT2D eigenvalue weighted by atomic mass is 31.2. The molecule has 0 saturated carbocycles. The molecule has 2 aromatic heterocycles. The molecule has 7 heteroatoms. The van der Waals surface area contributed by atoms with Gasteiger partial charge in [-0.2, -0.15) is 0 Å². The number of ether oxygens (including phenoxy) is 1. The summed E-state index contributed by atoms with van der Waals surface area (Å²) in [4.78, 5) is 10.2. The summed E-state index contributed by atoms with van der Waals surface area (Å²) in [6, 6.07) is 20.0. The maximum atomic E-state index is 12.8. The lowest BCUT2D eigenvalue weighted by Crippen LogP contribution is -2.21. The molecule has 2 aromatic carbocycles. The van der Waals surface area contributed by atoms with Gasteiger partial charge in [-0.15, -0.1) is 0 Å². The largest absolute Gasteiger partial charge is 0.489 e. The van der Waals surface area contributed by atoms with Gasteiger partial charge in [0.1, 0.15) is 24.6 Å². The molecular weight excluding hydrogens is 431 g/mol. The van der Waals surface area contributed by atoms with Crippen LogP contribution in [0.1, 0.15) is 6.42 Å². The third kappa shape index (κ3) is 4.68. The van der Waals surface area contributed by atoms with Crippen LogP contribution in [-0.4, -0.2) is 54.4 Å². The highest BCUT2D eigenvalue weighted by Gasteiger charge is 2.21. The van der Waals surface area contributed by atoms with Crippen molar-refractivity contribution in [3.63, 3.8) is 0 Å². The van der Waals surface area contributed by atoms with Crippen LogP contribution in [0.2, 0.25) is 0 Å². The van der Waals surface area contributed by atoms with Crippen LogP contribution >= 0.6 is 7.14 Å². The molecule has 1 atom stereocenters. The number of fused-ring (bicyclic) bond motifs is 1. The van der Waals surface area contributed by atoms with Crippen molar-refractivity contribution in [1.82, 2.24) is 14.9 Å². The molecule has 3 heterocycles. The number of hydrogen-bond donors (Lipinski definition) is 2. The summed E-state index contributed by atoms with van der Waals surface area (Å²) in [5, 5.41) is 5.31. The molecule has 2 N–H and O–H groups in total. The summed E-state index contributed by atoms with van der Waals surface area (Å²) in [6.07, 6.45) is 3.10. The van der Waals surface area contributed by atoms with Gasteiger partial charge in [-0.05, 0) is 80.9 Å². The van der Waals surface area contributed by atoms with Gasteiger partial charge in [0.2, 0.25) is 0 Å². The number of pyridine rings is 1. The highest BCUT2D eigenvalue weighted by Crippen LogP contribution is 2.39. The Morgan fingerprint density at radius 3 is 2.61 bits per heavy atom. The molecule has 1 saturated heterocycles. The first-order valence-corrected chi connectivity index (χ1v) is 13.8. The Kier molecular flexibility index (Phi) is 5.73. The van der Waals surface area contributed by atoms with E-state index in [1.807, 2.05) is 42.5 Å². The number of anilines is 2. The van der Waals surface area contributed by atoms with Crippen LogP contribution in [0.3, 0.4) is 0 Å². The lowest BCUT2D eigenvalue weighted by atomic mass is 10.1. The minimum absolute atomic E-state index is 0.260. The summed E-state index contributed by atoms with van der Waals surface area (Å²) in [6.45, 7) is 5.64. The van der Waals surface area contributed by atoms with Crippen molar-refractivity contribution in [1.29, 1.82) is 0 Å². The van der Waals surface area contributed by atoms with Crippen molar-refractivity contribution in [2.24, 2.45) is 0 Å². The summed E-state index contributed by atoms with van der Waals surface area (Å²) in [7, 11) is -0.289. The smallest absolute Gasteiger partial charge is 0.139 e. The number of benzene rings is 2. The Hall–Kier alpha value is -3.08. The molecule has 5 rings (SSSR count). The molecule has 0 aliphatic carbocycles. The molecule has 6 nitrogen and oxygen atoms in total. The molecule has 0 bridgehead atoms. The Bertz CT molecular complexity index is 1330. The Morgan fingerprint density at radius 1 is 1.09 bits per heavy atom. The Labute approximate surface area is 194 Å². The average Bonchev–Trinajstić information content (AvgIpc) is 3.40. The van der Waals surface area contributed by atoms with Gasteiger partial charge in [0.25, 0.3) is 0 Å². The summed E-state index contributed by atoms with van der Waals surface area (Å²) in [5.74, 6) is 0.899. The van der Waals surface area contributed by atoms with E-state index < -0.39 is 7.14 Å². The summed E-state index contributed by atoms with van der Waals surface area (Å²) in [5.41, 5.74) is 4.65. The maximum absolute atomic E-state index is 12.8. The molecule has 0 spiro atoms.